The van der Waals surface area contributed by atoms with Gasteiger partial charge in [0.15, 0.2) is 0 Å². The fourth-order valence-electron chi connectivity index (χ4n) is 4.51. The van der Waals surface area contributed by atoms with E-state index >= 15 is 0 Å². The lowest BCUT2D eigenvalue weighted by molar-refractivity contribution is -0.108. The van der Waals surface area contributed by atoms with E-state index in [4.69, 9.17) is 4.18 Å². The van der Waals surface area contributed by atoms with Crippen molar-refractivity contribution >= 4 is 10.1 Å². The average Bonchev–Trinajstić information content (AvgIpc) is 2.82. The third-order valence-electron chi connectivity index (χ3n) is 6.31. The van der Waals surface area contributed by atoms with Gasteiger partial charge in [0.2, 0.25) is 0 Å². The minimum absolute atomic E-state index is 0.0541. The SMILES string of the molecule is Cc1ccc(S(=O)(=O)O[C@H]2CC[C@@H](O)[C@H](N(Cc3ccccc3)Cc3ccccc3)[C@@H]2O)cc1. The molecule has 4 atom stereocenters. The highest BCUT2D eigenvalue weighted by Crippen LogP contribution is 2.31. The predicted molar refractivity (Wildman–Crippen MR) is 130 cm³/mol. The zero-order valence-corrected chi connectivity index (χ0v) is 20.0. The van der Waals surface area contributed by atoms with Gasteiger partial charge in [0, 0.05) is 13.1 Å². The van der Waals surface area contributed by atoms with E-state index < -0.39 is 34.5 Å². The monoisotopic (exact) mass is 481 g/mol. The summed E-state index contributed by atoms with van der Waals surface area (Å²) >= 11 is 0. The Bertz CT molecular complexity index is 1110. The zero-order chi connectivity index (χ0) is 24.1. The van der Waals surface area contributed by atoms with E-state index in [2.05, 4.69) is 0 Å². The molecule has 7 heteroatoms. The maximum Gasteiger partial charge on any atom is 0.297 e. The number of nitrogens with zero attached hydrogens (tertiary/aromatic N) is 1. The van der Waals surface area contributed by atoms with Gasteiger partial charge < -0.3 is 10.2 Å². The van der Waals surface area contributed by atoms with Crippen molar-refractivity contribution < 1.29 is 22.8 Å². The number of benzene rings is 3. The molecule has 0 heterocycles. The Morgan fingerprint density at radius 3 is 1.88 bits per heavy atom. The van der Waals surface area contributed by atoms with Gasteiger partial charge in [-0.2, -0.15) is 8.42 Å². The van der Waals surface area contributed by atoms with Gasteiger partial charge in [-0.15, -0.1) is 0 Å². The van der Waals surface area contributed by atoms with Crippen molar-refractivity contribution in [1.82, 2.24) is 4.90 Å². The molecule has 1 aliphatic rings. The molecule has 3 aromatic rings. The van der Waals surface area contributed by atoms with E-state index in [0.29, 0.717) is 19.5 Å². The molecular formula is C27H31NO5S. The molecule has 0 bridgehead atoms. The van der Waals surface area contributed by atoms with Gasteiger partial charge in [0.1, 0.15) is 6.10 Å². The second kappa shape index (κ2) is 10.8. The van der Waals surface area contributed by atoms with Gasteiger partial charge >= 0.3 is 0 Å². The third kappa shape index (κ3) is 5.92. The van der Waals surface area contributed by atoms with Crippen LogP contribution in [-0.4, -0.2) is 47.9 Å². The lowest BCUT2D eigenvalue weighted by atomic mass is 9.86. The van der Waals surface area contributed by atoms with E-state index in [-0.39, 0.29) is 11.3 Å². The maximum absolute atomic E-state index is 12.9. The van der Waals surface area contributed by atoms with Crippen LogP contribution in [0.4, 0.5) is 0 Å². The minimum Gasteiger partial charge on any atom is -0.391 e. The smallest absolute Gasteiger partial charge is 0.297 e. The molecule has 1 saturated carbocycles. The molecule has 1 fully saturated rings. The number of hydrogen-bond acceptors (Lipinski definition) is 6. The van der Waals surface area contributed by atoms with E-state index in [1.54, 1.807) is 12.1 Å². The Morgan fingerprint density at radius 2 is 1.35 bits per heavy atom. The highest BCUT2D eigenvalue weighted by atomic mass is 32.2. The summed E-state index contributed by atoms with van der Waals surface area (Å²) in [6.45, 7) is 2.86. The molecule has 4 rings (SSSR count). The summed E-state index contributed by atoms with van der Waals surface area (Å²) < 4.78 is 31.3. The van der Waals surface area contributed by atoms with Gasteiger partial charge in [0.25, 0.3) is 10.1 Å². The molecule has 0 aliphatic heterocycles. The van der Waals surface area contributed by atoms with Crippen LogP contribution in [0.3, 0.4) is 0 Å². The molecule has 2 N–H and O–H groups in total. The summed E-state index contributed by atoms with van der Waals surface area (Å²) in [7, 11) is -4.05. The summed E-state index contributed by atoms with van der Waals surface area (Å²) in [5, 5.41) is 22.2. The number of hydrogen-bond donors (Lipinski definition) is 2. The van der Waals surface area contributed by atoms with Crippen molar-refractivity contribution in [1.29, 1.82) is 0 Å². The second-order valence-electron chi connectivity index (χ2n) is 8.90. The molecule has 0 spiro atoms. The average molecular weight is 482 g/mol. The highest BCUT2D eigenvalue weighted by Gasteiger charge is 2.43. The van der Waals surface area contributed by atoms with Crippen LogP contribution in [-0.2, 0) is 27.4 Å². The first-order valence-corrected chi connectivity index (χ1v) is 12.9. The van der Waals surface area contributed by atoms with E-state index in [1.165, 1.54) is 12.1 Å². The number of rotatable bonds is 8. The first-order valence-electron chi connectivity index (χ1n) is 11.5. The van der Waals surface area contributed by atoms with Crippen LogP contribution >= 0.6 is 0 Å². The van der Waals surface area contributed by atoms with Crippen molar-refractivity contribution in [3.05, 3.63) is 102 Å². The van der Waals surface area contributed by atoms with Gasteiger partial charge in [-0.05, 0) is 43.0 Å². The minimum atomic E-state index is -4.05. The van der Waals surface area contributed by atoms with Crippen LogP contribution in [0, 0.1) is 6.92 Å². The Morgan fingerprint density at radius 1 is 0.824 bits per heavy atom. The van der Waals surface area contributed by atoms with Gasteiger partial charge in [-0.1, -0.05) is 78.4 Å². The van der Waals surface area contributed by atoms with Crippen LogP contribution in [0.1, 0.15) is 29.5 Å². The molecule has 0 amide bonds. The Hall–Kier alpha value is -2.55. The van der Waals surface area contributed by atoms with Crippen molar-refractivity contribution in [3.63, 3.8) is 0 Å². The Balaban J connectivity index is 1.58. The lowest BCUT2D eigenvalue weighted by Crippen LogP contribution is -2.58. The fourth-order valence-corrected chi connectivity index (χ4v) is 5.63. The van der Waals surface area contributed by atoms with Crippen molar-refractivity contribution in [2.24, 2.45) is 0 Å². The van der Waals surface area contributed by atoms with Crippen molar-refractivity contribution in [2.45, 2.75) is 62.1 Å². The number of aliphatic hydroxyl groups is 2. The molecular weight excluding hydrogens is 450 g/mol. The summed E-state index contributed by atoms with van der Waals surface area (Å²) in [5.41, 5.74) is 3.01. The normalized spacial score (nSPS) is 23.2. The van der Waals surface area contributed by atoms with Gasteiger partial charge in [-0.25, -0.2) is 0 Å². The largest absolute Gasteiger partial charge is 0.391 e. The summed E-state index contributed by atoms with van der Waals surface area (Å²) in [6, 6.07) is 25.4. The number of aryl methyl sites for hydroxylation is 1. The molecule has 0 saturated heterocycles. The summed E-state index contributed by atoms with van der Waals surface area (Å²) in [4.78, 5) is 2.06. The predicted octanol–water partition coefficient (Wildman–Crippen LogP) is 3.66. The van der Waals surface area contributed by atoms with Crippen molar-refractivity contribution in [2.75, 3.05) is 0 Å². The molecule has 6 nitrogen and oxygen atoms in total. The highest BCUT2D eigenvalue weighted by molar-refractivity contribution is 7.86. The summed E-state index contributed by atoms with van der Waals surface area (Å²) in [6.07, 6.45) is -2.38. The maximum atomic E-state index is 12.9. The fraction of sp³-hybridized carbons (Fsp3) is 0.333. The van der Waals surface area contributed by atoms with Crippen LogP contribution in [0.5, 0.6) is 0 Å². The zero-order valence-electron chi connectivity index (χ0n) is 19.2. The summed E-state index contributed by atoms with van der Waals surface area (Å²) in [5.74, 6) is 0. The van der Waals surface area contributed by atoms with Crippen LogP contribution in [0.15, 0.2) is 89.8 Å². The molecule has 3 aromatic carbocycles. The lowest BCUT2D eigenvalue weighted by Gasteiger charge is -2.43. The van der Waals surface area contributed by atoms with Crippen LogP contribution in [0.25, 0.3) is 0 Å². The Kier molecular flexibility index (Phi) is 7.80. The van der Waals surface area contributed by atoms with E-state index in [1.807, 2.05) is 72.5 Å². The first kappa shape index (κ1) is 24.6. The third-order valence-corrected chi connectivity index (χ3v) is 7.66. The molecule has 34 heavy (non-hydrogen) atoms. The topological polar surface area (TPSA) is 87.1 Å². The van der Waals surface area contributed by atoms with Crippen LogP contribution in [0.2, 0.25) is 0 Å². The standard InChI is InChI=1S/C27H31NO5S/c1-20-12-14-23(15-13-20)34(31,32)33-25-17-16-24(29)26(27(25)30)28(18-21-8-4-2-5-9-21)19-22-10-6-3-7-11-22/h2-15,24-27,29-30H,16-19H2,1H3/t24-,25+,26+,27-/m1/s1. The molecule has 180 valence electrons. The first-order chi connectivity index (χ1) is 16.3. The van der Waals surface area contributed by atoms with E-state index in [0.717, 1.165) is 16.7 Å². The molecule has 1 aliphatic carbocycles. The Labute approximate surface area is 201 Å². The quantitative estimate of drug-likeness (QED) is 0.478. The van der Waals surface area contributed by atoms with Crippen LogP contribution < -0.4 is 0 Å². The van der Waals surface area contributed by atoms with Gasteiger partial charge in [-0.3, -0.25) is 9.08 Å². The van der Waals surface area contributed by atoms with Gasteiger partial charge in [0.05, 0.1) is 23.1 Å². The molecule has 0 radical (unpaired) electrons. The van der Waals surface area contributed by atoms with E-state index in [9.17, 15) is 18.6 Å². The second-order valence-corrected chi connectivity index (χ2v) is 10.5. The molecule has 0 unspecified atom stereocenters. The molecule has 0 aromatic heterocycles. The van der Waals surface area contributed by atoms with Crippen molar-refractivity contribution in [3.8, 4) is 0 Å². The number of aliphatic hydroxyl groups excluding tert-OH is 2.